The lowest BCUT2D eigenvalue weighted by Crippen LogP contribution is -2.18. The highest BCUT2D eigenvalue weighted by molar-refractivity contribution is 5.69. The molecule has 0 radical (unpaired) electrons. The van der Waals surface area contributed by atoms with Crippen LogP contribution >= 0.6 is 0 Å². The van der Waals surface area contributed by atoms with Crippen LogP contribution in [0.4, 0.5) is 0 Å². The Bertz CT molecular complexity index is 668. The molecule has 4 nitrogen and oxygen atoms in total. The number of carboxylic acids is 1. The summed E-state index contributed by atoms with van der Waals surface area (Å²) < 4.78 is 6.02. The quantitative estimate of drug-likeness (QED) is 0.0436. The number of allylic oxidation sites excluding steroid dienone is 4. The lowest BCUT2D eigenvalue weighted by atomic mass is 10.0. The summed E-state index contributed by atoms with van der Waals surface area (Å²) in [5, 5.41) is 8.72. The van der Waals surface area contributed by atoms with Gasteiger partial charge in [0.25, 0.3) is 0 Å². The Labute approximate surface area is 274 Å². The number of unbranched alkanes of at least 4 members (excludes halogenated alkanes) is 22. The molecule has 0 spiro atoms. The number of carbonyl (C=O) groups is 2. The molecule has 44 heavy (non-hydrogen) atoms. The summed E-state index contributed by atoms with van der Waals surface area (Å²) in [6.07, 6.45) is 44.8. The molecular weight excluding hydrogens is 544 g/mol. The molecule has 0 amide bonds. The zero-order valence-electron chi connectivity index (χ0n) is 29.5. The summed E-state index contributed by atoms with van der Waals surface area (Å²) in [7, 11) is 0. The zero-order chi connectivity index (χ0) is 32.2. The summed E-state index contributed by atoms with van der Waals surface area (Å²) in [6.45, 7) is 4.51. The Kier molecular flexibility index (Phi) is 34.6. The van der Waals surface area contributed by atoms with E-state index in [1.807, 2.05) is 0 Å². The van der Waals surface area contributed by atoms with Crippen molar-refractivity contribution in [2.24, 2.45) is 0 Å². The Balaban J connectivity index is 4.02. The number of aliphatic carboxylic acids is 1. The third-order valence-corrected chi connectivity index (χ3v) is 8.68. The molecule has 0 aromatic rings. The number of ether oxygens (including phenoxy) is 1. The maximum atomic E-state index is 12.6. The van der Waals surface area contributed by atoms with E-state index in [4.69, 9.17) is 9.84 Å². The van der Waals surface area contributed by atoms with Crippen molar-refractivity contribution in [1.82, 2.24) is 0 Å². The first-order valence-electron chi connectivity index (χ1n) is 19.3. The van der Waals surface area contributed by atoms with Gasteiger partial charge in [-0.3, -0.25) is 9.59 Å². The van der Waals surface area contributed by atoms with E-state index < -0.39 is 5.97 Å². The minimum atomic E-state index is -0.678. The number of rotatable bonds is 35. The van der Waals surface area contributed by atoms with Crippen molar-refractivity contribution in [2.45, 2.75) is 219 Å². The van der Waals surface area contributed by atoms with Gasteiger partial charge in [-0.05, 0) is 70.6 Å². The highest BCUT2D eigenvalue weighted by atomic mass is 16.5. The van der Waals surface area contributed by atoms with Crippen LogP contribution in [-0.4, -0.2) is 23.1 Å². The average molecular weight is 619 g/mol. The Morgan fingerprint density at radius 1 is 0.500 bits per heavy atom. The summed E-state index contributed by atoms with van der Waals surface area (Å²) in [5.41, 5.74) is 0. The van der Waals surface area contributed by atoms with Gasteiger partial charge in [-0.2, -0.15) is 0 Å². The molecule has 1 N–H and O–H groups in total. The normalized spacial score (nSPS) is 12.4. The second-order valence-corrected chi connectivity index (χ2v) is 13.1. The van der Waals surface area contributed by atoms with Crippen LogP contribution in [0.3, 0.4) is 0 Å². The van der Waals surface area contributed by atoms with E-state index in [-0.39, 0.29) is 12.1 Å². The van der Waals surface area contributed by atoms with Crippen LogP contribution in [0.25, 0.3) is 0 Å². The van der Waals surface area contributed by atoms with Crippen LogP contribution in [-0.2, 0) is 14.3 Å². The number of carboxylic acid groups (broad SMARTS) is 1. The molecule has 0 aliphatic carbocycles. The SMILES string of the molecule is CCCCC/C=C\C/C=C\CCCCCCCC(=O)OC(CCCCCCCCC)CCCCCCCCCCCC(=O)O. The molecule has 0 fully saturated rings. The zero-order valence-corrected chi connectivity index (χ0v) is 29.5. The van der Waals surface area contributed by atoms with Crippen LogP contribution in [0.15, 0.2) is 24.3 Å². The fraction of sp³-hybridized carbons (Fsp3) is 0.850. The third kappa shape index (κ3) is 34.9. The summed E-state index contributed by atoms with van der Waals surface area (Å²) >= 11 is 0. The van der Waals surface area contributed by atoms with E-state index in [1.54, 1.807) is 0 Å². The van der Waals surface area contributed by atoms with Gasteiger partial charge in [-0.25, -0.2) is 0 Å². The summed E-state index contributed by atoms with van der Waals surface area (Å²) in [6, 6.07) is 0. The first-order chi connectivity index (χ1) is 21.6. The topological polar surface area (TPSA) is 63.6 Å². The van der Waals surface area contributed by atoms with Crippen molar-refractivity contribution in [2.75, 3.05) is 0 Å². The fourth-order valence-electron chi connectivity index (χ4n) is 5.80. The Hall–Kier alpha value is -1.58. The minimum Gasteiger partial charge on any atom is -0.481 e. The molecule has 0 aliphatic heterocycles. The maximum Gasteiger partial charge on any atom is 0.306 e. The Morgan fingerprint density at radius 2 is 0.886 bits per heavy atom. The highest BCUT2D eigenvalue weighted by Gasteiger charge is 2.14. The molecule has 0 aromatic carbocycles. The lowest BCUT2D eigenvalue weighted by Gasteiger charge is -2.18. The van der Waals surface area contributed by atoms with E-state index in [1.165, 1.54) is 128 Å². The van der Waals surface area contributed by atoms with Gasteiger partial charge in [-0.15, -0.1) is 0 Å². The number of hydrogen-bond donors (Lipinski definition) is 1. The van der Waals surface area contributed by atoms with Gasteiger partial charge in [0.15, 0.2) is 0 Å². The van der Waals surface area contributed by atoms with Crippen LogP contribution in [0, 0.1) is 0 Å². The van der Waals surface area contributed by atoms with Crippen molar-refractivity contribution in [3.8, 4) is 0 Å². The van der Waals surface area contributed by atoms with Gasteiger partial charge in [0.05, 0.1) is 0 Å². The molecule has 0 saturated heterocycles. The van der Waals surface area contributed by atoms with Crippen molar-refractivity contribution in [3.63, 3.8) is 0 Å². The van der Waals surface area contributed by atoms with Crippen molar-refractivity contribution >= 4 is 11.9 Å². The first kappa shape index (κ1) is 42.4. The van der Waals surface area contributed by atoms with Gasteiger partial charge in [-0.1, -0.05) is 154 Å². The molecule has 0 aromatic heterocycles. The van der Waals surface area contributed by atoms with Crippen LogP contribution < -0.4 is 0 Å². The van der Waals surface area contributed by atoms with Crippen molar-refractivity contribution < 1.29 is 19.4 Å². The van der Waals surface area contributed by atoms with E-state index in [0.717, 1.165) is 57.8 Å². The van der Waals surface area contributed by atoms with E-state index in [9.17, 15) is 9.59 Å². The number of carbonyl (C=O) groups excluding carboxylic acids is 1. The molecule has 4 heteroatoms. The van der Waals surface area contributed by atoms with Gasteiger partial charge < -0.3 is 9.84 Å². The van der Waals surface area contributed by atoms with E-state index in [2.05, 4.69) is 38.2 Å². The predicted octanol–water partition coefficient (Wildman–Crippen LogP) is 13.2. The van der Waals surface area contributed by atoms with Crippen LogP contribution in [0.1, 0.15) is 213 Å². The second kappa shape index (κ2) is 35.9. The van der Waals surface area contributed by atoms with Crippen LogP contribution in [0.2, 0.25) is 0 Å². The number of hydrogen-bond acceptors (Lipinski definition) is 3. The maximum absolute atomic E-state index is 12.6. The molecule has 0 rings (SSSR count). The van der Waals surface area contributed by atoms with Gasteiger partial charge >= 0.3 is 11.9 Å². The summed E-state index contributed by atoms with van der Waals surface area (Å²) in [5.74, 6) is -0.658. The van der Waals surface area contributed by atoms with Gasteiger partial charge in [0, 0.05) is 12.8 Å². The fourth-order valence-corrected chi connectivity index (χ4v) is 5.80. The monoisotopic (exact) mass is 619 g/mol. The predicted molar refractivity (Wildman–Crippen MR) is 190 cm³/mol. The smallest absolute Gasteiger partial charge is 0.306 e. The van der Waals surface area contributed by atoms with Crippen molar-refractivity contribution in [3.05, 3.63) is 24.3 Å². The average Bonchev–Trinajstić information content (AvgIpc) is 3.01. The molecule has 1 unspecified atom stereocenters. The van der Waals surface area contributed by atoms with Crippen molar-refractivity contribution in [1.29, 1.82) is 0 Å². The largest absolute Gasteiger partial charge is 0.481 e. The molecular formula is C40H74O4. The summed E-state index contributed by atoms with van der Waals surface area (Å²) in [4.78, 5) is 23.2. The van der Waals surface area contributed by atoms with Crippen LogP contribution in [0.5, 0.6) is 0 Å². The minimum absolute atomic E-state index is 0.0199. The first-order valence-corrected chi connectivity index (χ1v) is 19.3. The lowest BCUT2D eigenvalue weighted by molar-refractivity contribution is -0.150. The molecule has 0 aliphatic rings. The van der Waals surface area contributed by atoms with E-state index in [0.29, 0.717) is 12.8 Å². The molecule has 258 valence electrons. The van der Waals surface area contributed by atoms with E-state index >= 15 is 0 Å². The standard InChI is InChI=1S/C40H74O4/c1-3-5-7-9-11-12-13-14-15-16-17-21-25-29-33-37-40(43)44-38(34-30-26-22-10-8-6-4-2)35-31-27-23-19-18-20-24-28-32-36-39(41)42/h11-12,14-15,38H,3-10,13,16-37H2,1-2H3,(H,41,42)/b12-11-,15-14-. The van der Waals surface area contributed by atoms with Gasteiger partial charge in [0.1, 0.15) is 6.10 Å². The Morgan fingerprint density at radius 3 is 1.39 bits per heavy atom. The number of esters is 1. The molecule has 0 saturated carbocycles. The second-order valence-electron chi connectivity index (χ2n) is 13.1. The highest BCUT2D eigenvalue weighted by Crippen LogP contribution is 2.19. The molecule has 0 bridgehead atoms. The molecule has 0 heterocycles. The molecule has 1 atom stereocenters. The third-order valence-electron chi connectivity index (χ3n) is 8.68. The van der Waals surface area contributed by atoms with Gasteiger partial charge in [0.2, 0.25) is 0 Å².